The molecule has 5 amide bonds. The minimum Gasteiger partial charge on any atom is -0.352 e. The van der Waals surface area contributed by atoms with Gasteiger partial charge in [-0.1, -0.05) is 19.8 Å². The van der Waals surface area contributed by atoms with E-state index >= 15 is 0 Å². The van der Waals surface area contributed by atoms with Gasteiger partial charge in [0.2, 0.25) is 11.8 Å². The number of nitrogens with zero attached hydrogens (tertiary/aromatic N) is 1. The summed E-state index contributed by atoms with van der Waals surface area (Å²) in [6, 6.07) is -0.552. The van der Waals surface area contributed by atoms with E-state index in [2.05, 4.69) is 16.0 Å². The van der Waals surface area contributed by atoms with E-state index in [1.165, 1.54) is 0 Å². The molecule has 0 aromatic heterocycles. The predicted molar refractivity (Wildman–Crippen MR) is 86.9 cm³/mol. The van der Waals surface area contributed by atoms with Gasteiger partial charge in [0.15, 0.2) is 0 Å². The highest BCUT2D eigenvalue weighted by atomic mass is 16.2. The van der Waals surface area contributed by atoms with Gasteiger partial charge in [0.25, 0.3) is 5.91 Å². The number of nitrogens with one attached hydrogen (secondary N) is 3. The Morgan fingerprint density at radius 2 is 2.00 bits per heavy atom. The van der Waals surface area contributed by atoms with Gasteiger partial charge in [-0.3, -0.25) is 19.3 Å². The van der Waals surface area contributed by atoms with Crippen LogP contribution in [0.5, 0.6) is 0 Å². The van der Waals surface area contributed by atoms with Crippen molar-refractivity contribution in [3.63, 3.8) is 0 Å². The van der Waals surface area contributed by atoms with Crippen molar-refractivity contribution in [3.8, 4) is 0 Å². The van der Waals surface area contributed by atoms with E-state index in [1.54, 1.807) is 0 Å². The molecule has 1 heterocycles. The molecule has 2 atom stereocenters. The van der Waals surface area contributed by atoms with Crippen LogP contribution in [-0.4, -0.2) is 53.3 Å². The fourth-order valence-corrected chi connectivity index (χ4v) is 3.39. The Morgan fingerprint density at radius 3 is 2.62 bits per heavy atom. The molecule has 2 aliphatic rings. The van der Waals surface area contributed by atoms with Crippen LogP contribution in [0.2, 0.25) is 0 Å². The maximum atomic E-state index is 12.7. The first-order valence-electron chi connectivity index (χ1n) is 8.46. The summed E-state index contributed by atoms with van der Waals surface area (Å²) in [6.07, 6.45) is 3.40. The Labute approximate surface area is 141 Å². The molecule has 0 aromatic carbocycles. The average molecular weight is 338 g/mol. The zero-order chi connectivity index (χ0) is 17.9. The van der Waals surface area contributed by atoms with Gasteiger partial charge in [0.1, 0.15) is 12.1 Å². The van der Waals surface area contributed by atoms with Crippen LogP contribution in [0.15, 0.2) is 0 Å². The lowest BCUT2D eigenvalue weighted by molar-refractivity contribution is -0.137. The highest BCUT2D eigenvalue weighted by Crippen LogP contribution is 2.38. The first-order chi connectivity index (χ1) is 11.3. The molecule has 1 aliphatic heterocycles. The van der Waals surface area contributed by atoms with E-state index < -0.39 is 17.5 Å². The van der Waals surface area contributed by atoms with Crippen molar-refractivity contribution in [2.24, 2.45) is 5.92 Å². The summed E-state index contributed by atoms with van der Waals surface area (Å²) in [7, 11) is 0. The maximum absolute atomic E-state index is 12.7. The van der Waals surface area contributed by atoms with Crippen molar-refractivity contribution in [3.05, 3.63) is 0 Å². The predicted octanol–water partition coefficient (Wildman–Crippen LogP) is 0.128. The molecule has 1 saturated heterocycles. The second-order valence-electron chi connectivity index (χ2n) is 6.94. The number of carbonyl (C=O) groups is 4. The fraction of sp³-hybridized carbons (Fsp3) is 0.750. The summed E-state index contributed by atoms with van der Waals surface area (Å²) >= 11 is 0. The molecule has 1 aliphatic carbocycles. The minimum atomic E-state index is -0.870. The zero-order valence-corrected chi connectivity index (χ0v) is 14.5. The third-order valence-corrected chi connectivity index (χ3v) is 4.70. The fourth-order valence-electron chi connectivity index (χ4n) is 3.39. The van der Waals surface area contributed by atoms with Crippen LogP contribution < -0.4 is 16.0 Å². The number of carbonyl (C=O) groups excluding carboxylic acids is 4. The second-order valence-corrected chi connectivity index (χ2v) is 6.94. The lowest BCUT2D eigenvalue weighted by Gasteiger charge is -2.36. The van der Waals surface area contributed by atoms with Gasteiger partial charge in [-0.15, -0.1) is 0 Å². The van der Waals surface area contributed by atoms with Crippen LogP contribution in [0.1, 0.15) is 46.5 Å². The standard InChI is InChI=1S/C16H26N4O4/c1-10(2)18-12(21)8-17-13(22)9-20-14(23)16(19-15(20)24)7-5-4-6-11(16)3/h10-11H,4-9H2,1-3H3,(H,17,22)(H,18,21)(H,19,24)/t11-,16-/m0/s1. The molecule has 8 nitrogen and oxygen atoms in total. The molecule has 24 heavy (non-hydrogen) atoms. The van der Waals surface area contributed by atoms with E-state index in [9.17, 15) is 19.2 Å². The highest BCUT2D eigenvalue weighted by molar-refractivity contribution is 6.09. The average Bonchev–Trinajstić information content (AvgIpc) is 2.73. The lowest BCUT2D eigenvalue weighted by atomic mass is 9.73. The number of hydrogen-bond acceptors (Lipinski definition) is 4. The van der Waals surface area contributed by atoms with Crippen LogP contribution in [-0.2, 0) is 14.4 Å². The summed E-state index contributed by atoms with van der Waals surface area (Å²) in [4.78, 5) is 49.3. The van der Waals surface area contributed by atoms with E-state index in [1.807, 2.05) is 20.8 Å². The molecule has 1 spiro atoms. The summed E-state index contributed by atoms with van der Waals surface area (Å²) in [6.45, 7) is 5.04. The first-order valence-corrected chi connectivity index (χ1v) is 8.46. The largest absolute Gasteiger partial charge is 0.352 e. The van der Waals surface area contributed by atoms with Crippen LogP contribution in [0.4, 0.5) is 4.79 Å². The van der Waals surface area contributed by atoms with Crippen LogP contribution in [0, 0.1) is 5.92 Å². The third kappa shape index (κ3) is 3.68. The van der Waals surface area contributed by atoms with Crippen LogP contribution in [0.25, 0.3) is 0 Å². The SMILES string of the molecule is CC(C)NC(=O)CNC(=O)CN1C(=O)N[C@]2(CCCC[C@@H]2C)C1=O. The Bertz CT molecular complexity index is 548. The lowest BCUT2D eigenvalue weighted by Crippen LogP contribution is -2.54. The van der Waals surface area contributed by atoms with Crippen molar-refractivity contribution >= 4 is 23.8 Å². The normalized spacial score (nSPS) is 26.7. The second kappa shape index (κ2) is 7.19. The molecular weight excluding hydrogens is 312 g/mol. The van der Waals surface area contributed by atoms with Crippen LogP contribution in [0.3, 0.4) is 0 Å². The smallest absolute Gasteiger partial charge is 0.325 e. The Hall–Kier alpha value is -2.12. The molecule has 134 valence electrons. The molecule has 0 radical (unpaired) electrons. The van der Waals surface area contributed by atoms with Gasteiger partial charge >= 0.3 is 6.03 Å². The van der Waals surface area contributed by atoms with Gasteiger partial charge < -0.3 is 16.0 Å². The maximum Gasteiger partial charge on any atom is 0.325 e. The molecule has 2 fully saturated rings. The van der Waals surface area contributed by atoms with Crippen LogP contribution >= 0.6 is 0 Å². The number of rotatable bonds is 5. The van der Waals surface area contributed by atoms with Crippen molar-refractivity contribution < 1.29 is 19.2 Å². The Kier molecular flexibility index (Phi) is 5.46. The van der Waals surface area contributed by atoms with Gasteiger partial charge in [0, 0.05) is 6.04 Å². The molecule has 0 unspecified atom stereocenters. The van der Waals surface area contributed by atoms with Gasteiger partial charge in [-0.25, -0.2) is 4.79 Å². The summed E-state index contributed by atoms with van der Waals surface area (Å²) in [5.74, 6) is -1.13. The zero-order valence-electron chi connectivity index (χ0n) is 14.5. The molecule has 8 heteroatoms. The number of urea groups is 1. The molecule has 0 aromatic rings. The molecule has 3 N–H and O–H groups in total. The highest BCUT2D eigenvalue weighted by Gasteiger charge is 2.55. The van der Waals surface area contributed by atoms with E-state index in [0.717, 1.165) is 24.2 Å². The number of imide groups is 1. The summed E-state index contributed by atoms with van der Waals surface area (Å²) < 4.78 is 0. The Morgan fingerprint density at radius 1 is 1.29 bits per heavy atom. The monoisotopic (exact) mass is 338 g/mol. The van der Waals surface area contributed by atoms with Crippen molar-refractivity contribution in [2.75, 3.05) is 13.1 Å². The minimum absolute atomic E-state index is 0.0204. The summed E-state index contributed by atoms with van der Waals surface area (Å²) in [5.41, 5.74) is -0.870. The van der Waals surface area contributed by atoms with Crippen molar-refractivity contribution in [2.45, 2.75) is 58.0 Å². The van der Waals surface area contributed by atoms with Gasteiger partial charge in [-0.05, 0) is 32.6 Å². The van der Waals surface area contributed by atoms with Gasteiger partial charge in [-0.2, -0.15) is 0 Å². The molecule has 1 saturated carbocycles. The Balaban J connectivity index is 1.92. The third-order valence-electron chi connectivity index (χ3n) is 4.70. The van der Waals surface area contributed by atoms with Crippen molar-refractivity contribution in [1.29, 1.82) is 0 Å². The number of hydrogen-bond donors (Lipinski definition) is 3. The van der Waals surface area contributed by atoms with E-state index in [0.29, 0.717) is 6.42 Å². The van der Waals surface area contributed by atoms with Crippen molar-refractivity contribution in [1.82, 2.24) is 20.9 Å². The topological polar surface area (TPSA) is 108 Å². The van der Waals surface area contributed by atoms with Gasteiger partial charge in [0.05, 0.1) is 6.54 Å². The summed E-state index contributed by atoms with van der Waals surface area (Å²) in [5, 5.41) is 7.88. The molecule has 2 rings (SSSR count). The quantitative estimate of drug-likeness (QED) is 0.619. The first kappa shape index (κ1) is 18.2. The van der Waals surface area contributed by atoms with E-state index in [-0.39, 0.29) is 36.9 Å². The number of amides is 5. The van der Waals surface area contributed by atoms with E-state index in [4.69, 9.17) is 0 Å². The molecular formula is C16H26N4O4. The molecule has 0 bridgehead atoms.